The number of benzene rings is 1. The van der Waals surface area contributed by atoms with Gasteiger partial charge in [0, 0.05) is 11.5 Å². The predicted octanol–water partition coefficient (Wildman–Crippen LogP) is 3.11. The molecule has 126 valence electrons. The number of rotatable bonds is 5. The number of hydrogen-bond donors (Lipinski definition) is 1. The molecule has 24 heavy (non-hydrogen) atoms. The van der Waals surface area contributed by atoms with Gasteiger partial charge in [0.15, 0.2) is 0 Å². The van der Waals surface area contributed by atoms with E-state index in [9.17, 15) is 9.59 Å². The van der Waals surface area contributed by atoms with Crippen molar-refractivity contribution < 1.29 is 9.59 Å². The number of urea groups is 1. The van der Waals surface area contributed by atoms with Crippen LogP contribution in [0, 0.1) is 0 Å². The van der Waals surface area contributed by atoms with Gasteiger partial charge in [-0.05, 0) is 24.5 Å². The third-order valence-electron chi connectivity index (χ3n) is 4.16. The molecule has 3 amide bonds. The van der Waals surface area contributed by atoms with Crippen molar-refractivity contribution in [3.8, 4) is 0 Å². The highest BCUT2D eigenvalue weighted by atomic mass is 35.5. The first kappa shape index (κ1) is 16.9. The van der Waals surface area contributed by atoms with Crippen LogP contribution < -0.4 is 5.32 Å². The van der Waals surface area contributed by atoms with E-state index in [-0.39, 0.29) is 12.5 Å². The topological polar surface area (TPSA) is 75.2 Å². The number of imide groups is 1. The molecule has 0 saturated carbocycles. The van der Waals surface area contributed by atoms with E-state index in [2.05, 4.69) is 21.8 Å². The first-order valence-corrected chi connectivity index (χ1v) is 8.81. The molecule has 3 rings (SSSR count). The van der Waals surface area contributed by atoms with Gasteiger partial charge in [0.2, 0.25) is 0 Å². The van der Waals surface area contributed by atoms with E-state index >= 15 is 0 Å². The Balaban J connectivity index is 1.85. The largest absolute Gasteiger partial charge is 0.325 e. The monoisotopic (exact) mass is 364 g/mol. The summed E-state index contributed by atoms with van der Waals surface area (Å²) in [5, 5.41) is 6.64. The van der Waals surface area contributed by atoms with Gasteiger partial charge in [0.1, 0.15) is 15.6 Å². The van der Waals surface area contributed by atoms with Gasteiger partial charge in [-0.2, -0.15) is 0 Å². The Hall–Kier alpha value is -1.99. The molecule has 0 spiro atoms. The number of amides is 3. The maximum Gasteiger partial charge on any atom is 0.325 e. The maximum absolute atomic E-state index is 12.8. The molecule has 1 aliphatic rings. The van der Waals surface area contributed by atoms with Crippen LogP contribution in [-0.4, -0.2) is 26.4 Å². The Morgan fingerprint density at radius 3 is 2.58 bits per heavy atom. The summed E-state index contributed by atoms with van der Waals surface area (Å²) < 4.78 is 4.11. The SMILES string of the molecule is CCCc1ccc(C2(C)NC(=O)N(Cc3nnsc3Cl)C2=O)cc1. The van der Waals surface area contributed by atoms with Crippen molar-refractivity contribution in [3.63, 3.8) is 0 Å². The Kier molecular flexibility index (Phi) is 4.56. The highest BCUT2D eigenvalue weighted by Crippen LogP contribution is 2.31. The molecule has 1 unspecified atom stereocenters. The van der Waals surface area contributed by atoms with Crippen LogP contribution in [0.4, 0.5) is 4.79 Å². The van der Waals surface area contributed by atoms with Crippen molar-refractivity contribution in [1.29, 1.82) is 0 Å². The number of aryl methyl sites for hydroxylation is 1. The molecule has 2 aromatic rings. The quantitative estimate of drug-likeness (QED) is 0.827. The van der Waals surface area contributed by atoms with Gasteiger partial charge in [-0.1, -0.05) is 53.7 Å². The van der Waals surface area contributed by atoms with Gasteiger partial charge in [0.05, 0.1) is 6.54 Å². The fraction of sp³-hybridized carbons (Fsp3) is 0.375. The lowest BCUT2D eigenvalue weighted by molar-refractivity contribution is -0.131. The van der Waals surface area contributed by atoms with Crippen molar-refractivity contribution >= 4 is 35.1 Å². The smallest absolute Gasteiger partial charge is 0.319 e. The second kappa shape index (κ2) is 6.49. The second-order valence-corrected chi connectivity index (χ2v) is 7.24. The molecular weight excluding hydrogens is 348 g/mol. The lowest BCUT2D eigenvalue weighted by Crippen LogP contribution is -2.40. The Morgan fingerprint density at radius 1 is 1.29 bits per heavy atom. The third-order valence-corrected chi connectivity index (χ3v) is 5.15. The molecule has 1 aromatic carbocycles. The summed E-state index contributed by atoms with van der Waals surface area (Å²) in [5.41, 5.74) is 1.30. The zero-order valence-corrected chi connectivity index (χ0v) is 14.9. The normalized spacial score (nSPS) is 20.5. The van der Waals surface area contributed by atoms with Crippen molar-refractivity contribution in [2.75, 3.05) is 0 Å². The standard InChI is InChI=1S/C16H17ClN4O2S/c1-3-4-10-5-7-11(8-6-10)16(2)14(22)21(15(23)18-16)9-12-13(17)24-20-19-12/h5-8H,3-4,9H2,1-2H3,(H,18,23). The summed E-state index contributed by atoms with van der Waals surface area (Å²) in [6, 6.07) is 7.32. The molecule has 6 nitrogen and oxygen atoms in total. The summed E-state index contributed by atoms with van der Waals surface area (Å²) >= 11 is 7.00. The number of nitrogens with one attached hydrogen (secondary N) is 1. The van der Waals surface area contributed by atoms with Crippen LogP contribution in [0.25, 0.3) is 0 Å². The van der Waals surface area contributed by atoms with E-state index in [1.807, 2.05) is 24.3 Å². The number of halogens is 1. The molecule has 0 aliphatic carbocycles. The van der Waals surface area contributed by atoms with Gasteiger partial charge in [-0.25, -0.2) is 4.79 Å². The molecule has 1 aliphatic heterocycles. The number of aromatic nitrogens is 2. The summed E-state index contributed by atoms with van der Waals surface area (Å²) in [4.78, 5) is 26.3. The minimum Gasteiger partial charge on any atom is -0.319 e. The van der Waals surface area contributed by atoms with E-state index in [0.717, 1.165) is 34.8 Å². The zero-order valence-electron chi connectivity index (χ0n) is 13.4. The lowest BCUT2D eigenvalue weighted by atomic mass is 9.91. The zero-order chi connectivity index (χ0) is 17.3. The van der Waals surface area contributed by atoms with Gasteiger partial charge < -0.3 is 5.32 Å². The van der Waals surface area contributed by atoms with E-state index in [0.29, 0.717) is 10.0 Å². The molecular formula is C16H17ClN4O2S. The Bertz CT molecular complexity index is 777. The molecule has 0 radical (unpaired) electrons. The molecule has 8 heteroatoms. The molecule has 1 atom stereocenters. The lowest BCUT2D eigenvalue weighted by Gasteiger charge is -2.22. The van der Waals surface area contributed by atoms with Crippen molar-refractivity contribution in [2.24, 2.45) is 0 Å². The molecule has 1 aromatic heterocycles. The van der Waals surface area contributed by atoms with E-state index in [4.69, 9.17) is 11.6 Å². The van der Waals surface area contributed by atoms with E-state index in [1.54, 1.807) is 6.92 Å². The molecule has 1 N–H and O–H groups in total. The van der Waals surface area contributed by atoms with E-state index < -0.39 is 11.6 Å². The first-order chi connectivity index (χ1) is 11.5. The third kappa shape index (κ3) is 2.89. The number of carbonyl (C=O) groups excluding carboxylic acids is 2. The van der Waals surface area contributed by atoms with E-state index in [1.165, 1.54) is 5.56 Å². The number of carbonyl (C=O) groups is 2. The summed E-state index contributed by atoms with van der Waals surface area (Å²) in [5.74, 6) is -0.320. The molecule has 1 saturated heterocycles. The van der Waals surface area contributed by atoms with Crippen LogP contribution in [-0.2, 0) is 23.3 Å². The molecule has 1 fully saturated rings. The van der Waals surface area contributed by atoms with Crippen LogP contribution >= 0.6 is 23.1 Å². The van der Waals surface area contributed by atoms with Gasteiger partial charge in [0.25, 0.3) is 5.91 Å². The Labute approximate surface area is 149 Å². The summed E-state index contributed by atoms with van der Waals surface area (Å²) in [6.07, 6.45) is 2.04. The highest BCUT2D eigenvalue weighted by molar-refractivity contribution is 7.10. The van der Waals surface area contributed by atoms with Crippen LogP contribution in [0.5, 0.6) is 0 Å². The summed E-state index contributed by atoms with van der Waals surface area (Å²) in [6.45, 7) is 3.85. The second-order valence-electron chi connectivity index (χ2n) is 5.89. The van der Waals surface area contributed by atoms with Crippen LogP contribution in [0.1, 0.15) is 37.1 Å². The van der Waals surface area contributed by atoms with Crippen molar-refractivity contribution in [2.45, 2.75) is 38.8 Å². The first-order valence-electron chi connectivity index (χ1n) is 7.66. The Morgan fingerprint density at radius 2 is 2.00 bits per heavy atom. The fourth-order valence-corrected chi connectivity index (χ4v) is 3.38. The number of nitrogens with zero attached hydrogens (tertiary/aromatic N) is 3. The molecule has 2 heterocycles. The van der Waals surface area contributed by atoms with Crippen LogP contribution in [0.3, 0.4) is 0 Å². The number of hydrogen-bond acceptors (Lipinski definition) is 5. The predicted molar refractivity (Wildman–Crippen MR) is 91.8 cm³/mol. The van der Waals surface area contributed by atoms with Gasteiger partial charge in [-0.3, -0.25) is 9.69 Å². The van der Waals surface area contributed by atoms with Crippen LogP contribution in [0.15, 0.2) is 24.3 Å². The average Bonchev–Trinajstić information content (AvgIpc) is 3.06. The van der Waals surface area contributed by atoms with Gasteiger partial charge in [-0.15, -0.1) is 5.10 Å². The van der Waals surface area contributed by atoms with Crippen molar-refractivity contribution in [1.82, 2.24) is 19.8 Å². The van der Waals surface area contributed by atoms with Crippen LogP contribution in [0.2, 0.25) is 4.34 Å². The maximum atomic E-state index is 12.8. The average molecular weight is 365 g/mol. The molecule has 0 bridgehead atoms. The van der Waals surface area contributed by atoms with Crippen molar-refractivity contribution in [3.05, 3.63) is 45.4 Å². The fourth-order valence-electron chi connectivity index (χ4n) is 2.77. The summed E-state index contributed by atoms with van der Waals surface area (Å²) in [7, 11) is 0. The minimum atomic E-state index is -1.09. The highest BCUT2D eigenvalue weighted by Gasteiger charge is 2.49. The van der Waals surface area contributed by atoms with Gasteiger partial charge >= 0.3 is 6.03 Å². The minimum absolute atomic E-state index is 0.0174.